The van der Waals surface area contributed by atoms with E-state index < -0.39 is 23.7 Å². The lowest BCUT2D eigenvalue weighted by atomic mass is 9.87. The van der Waals surface area contributed by atoms with Crippen molar-refractivity contribution in [3.63, 3.8) is 0 Å². The molecule has 1 saturated heterocycles. The molecule has 5 rings (SSSR count). The summed E-state index contributed by atoms with van der Waals surface area (Å²) in [5.74, 6) is -4.23. The van der Waals surface area contributed by atoms with E-state index in [0.717, 1.165) is 22.8 Å². The van der Waals surface area contributed by atoms with Gasteiger partial charge < -0.3 is 15.5 Å². The number of benzene rings is 1. The molecule has 178 valence electrons. The summed E-state index contributed by atoms with van der Waals surface area (Å²) in [5, 5.41) is 5.49. The molecule has 1 aromatic carbocycles. The maximum absolute atomic E-state index is 14.0. The Kier molecular flexibility index (Phi) is 5.22. The van der Waals surface area contributed by atoms with Gasteiger partial charge in [0.15, 0.2) is 5.82 Å². The fourth-order valence-corrected chi connectivity index (χ4v) is 4.53. The molecule has 1 saturated carbocycles. The number of fused-ring (bicyclic) bond motifs is 1. The lowest BCUT2D eigenvalue weighted by Gasteiger charge is -2.40. The number of likely N-dealkylation sites (N-methyl/N-ethyl adjacent to an activating group) is 1. The Balaban J connectivity index is 1.31. The van der Waals surface area contributed by atoms with Crippen LogP contribution in [0.1, 0.15) is 34.8 Å². The highest BCUT2D eigenvalue weighted by Gasteiger charge is 2.48. The summed E-state index contributed by atoms with van der Waals surface area (Å²) in [4.78, 5) is 31.9. The standard InChI is InChI=1S/C23H23F3N6O2/c1-30(14-7-23(25,26)8-14)20(33)12-32-18-5-3-2-4-15(18)21(29-32)13-10-31(11-13)22(34)16-6-19(27)28-9-17(16)24/h2-6,9,13-14H,7-8,10-12H2,1H3,(H2,27,28). The molecule has 2 aliphatic rings. The third kappa shape index (κ3) is 3.84. The zero-order valence-electron chi connectivity index (χ0n) is 18.4. The maximum atomic E-state index is 14.0. The maximum Gasteiger partial charge on any atom is 0.257 e. The van der Waals surface area contributed by atoms with E-state index in [1.807, 2.05) is 24.3 Å². The SMILES string of the molecule is CN(C(=O)Cn1nc(C2CN(C(=O)c3cc(N)ncc3F)C2)c2ccccc21)C1CC(F)(F)C1. The van der Waals surface area contributed by atoms with Gasteiger partial charge in [-0.3, -0.25) is 14.3 Å². The molecule has 0 spiro atoms. The Hall–Kier alpha value is -3.63. The van der Waals surface area contributed by atoms with Gasteiger partial charge in [-0.05, 0) is 12.1 Å². The number of hydrogen-bond acceptors (Lipinski definition) is 5. The fraction of sp³-hybridized carbons (Fsp3) is 0.391. The first kappa shape index (κ1) is 22.2. The predicted molar refractivity (Wildman–Crippen MR) is 118 cm³/mol. The molecule has 34 heavy (non-hydrogen) atoms. The van der Waals surface area contributed by atoms with Gasteiger partial charge in [0.05, 0.1) is 23.0 Å². The molecule has 2 fully saturated rings. The Morgan fingerprint density at radius 1 is 1.24 bits per heavy atom. The average molecular weight is 472 g/mol. The number of nitrogen functional groups attached to an aromatic ring is 1. The first-order valence-electron chi connectivity index (χ1n) is 10.9. The van der Waals surface area contributed by atoms with Gasteiger partial charge in [0.25, 0.3) is 11.8 Å². The number of anilines is 1. The van der Waals surface area contributed by atoms with Crippen molar-refractivity contribution < 1.29 is 22.8 Å². The van der Waals surface area contributed by atoms with Crippen LogP contribution in [0.4, 0.5) is 19.0 Å². The van der Waals surface area contributed by atoms with E-state index in [9.17, 15) is 22.8 Å². The molecule has 0 bridgehead atoms. The molecule has 1 aliphatic heterocycles. The number of carbonyl (C=O) groups is 2. The van der Waals surface area contributed by atoms with Gasteiger partial charge in [0.2, 0.25) is 5.91 Å². The first-order chi connectivity index (χ1) is 16.1. The van der Waals surface area contributed by atoms with Gasteiger partial charge in [-0.25, -0.2) is 18.2 Å². The zero-order valence-corrected chi connectivity index (χ0v) is 18.4. The van der Waals surface area contributed by atoms with Gasteiger partial charge in [0.1, 0.15) is 12.4 Å². The highest BCUT2D eigenvalue weighted by molar-refractivity contribution is 5.96. The third-order valence-electron chi connectivity index (χ3n) is 6.64. The summed E-state index contributed by atoms with van der Waals surface area (Å²) in [6.07, 6.45) is 0.278. The molecule has 2 N–H and O–H groups in total. The smallest absolute Gasteiger partial charge is 0.257 e. The van der Waals surface area contributed by atoms with Crippen LogP contribution in [0.5, 0.6) is 0 Å². The fourth-order valence-electron chi connectivity index (χ4n) is 4.53. The van der Waals surface area contributed by atoms with Crippen LogP contribution < -0.4 is 5.73 Å². The number of nitrogens with zero attached hydrogens (tertiary/aromatic N) is 5. The van der Waals surface area contributed by atoms with Crippen molar-refractivity contribution in [3.05, 3.63) is 53.6 Å². The minimum absolute atomic E-state index is 0.0619. The number of hydrogen-bond donors (Lipinski definition) is 1. The molecule has 3 aromatic rings. The van der Waals surface area contributed by atoms with Crippen molar-refractivity contribution in [2.75, 3.05) is 25.9 Å². The number of pyridine rings is 1. The van der Waals surface area contributed by atoms with Gasteiger partial charge in [0, 0.05) is 50.3 Å². The van der Waals surface area contributed by atoms with Gasteiger partial charge in [-0.1, -0.05) is 18.2 Å². The van der Waals surface area contributed by atoms with E-state index in [0.29, 0.717) is 13.1 Å². The molecule has 11 heteroatoms. The van der Waals surface area contributed by atoms with Crippen LogP contribution in [0.3, 0.4) is 0 Å². The van der Waals surface area contributed by atoms with Crippen molar-refractivity contribution >= 4 is 28.5 Å². The molecule has 0 atom stereocenters. The number of para-hydroxylation sites is 1. The highest BCUT2D eigenvalue weighted by Crippen LogP contribution is 2.40. The van der Waals surface area contributed by atoms with Crippen LogP contribution in [-0.2, 0) is 11.3 Å². The zero-order chi connectivity index (χ0) is 24.2. The second kappa shape index (κ2) is 8.00. The summed E-state index contributed by atoms with van der Waals surface area (Å²) < 4.78 is 42.0. The van der Waals surface area contributed by atoms with Crippen LogP contribution >= 0.6 is 0 Å². The van der Waals surface area contributed by atoms with E-state index in [1.54, 1.807) is 4.68 Å². The van der Waals surface area contributed by atoms with Crippen molar-refractivity contribution in [1.82, 2.24) is 24.6 Å². The summed E-state index contributed by atoms with van der Waals surface area (Å²) in [5.41, 5.74) is 6.94. The molecule has 3 heterocycles. The number of halogens is 3. The van der Waals surface area contributed by atoms with Crippen molar-refractivity contribution in [1.29, 1.82) is 0 Å². The van der Waals surface area contributed by atoms with Crippen LogP contribution in [0, 0.1) is 5.82 Å². The quantitative estimate of drug-likeness (QED) is 0.616. The number of rotatable bonds is 5. The Labute approximate surface area is 193 Å². The normalized spacial score (nSPS) is 17.9. The Morgan fingerprint density at radius 3 is 2.65 bits per heavy atom. The number of likely N-dealkylation sites (tertiary alicyclic amines) is 1. The summed E-state index contributed by atoms with van der Waals surface area (Å²) in [6.45, 7) is 0.606. The van der Waals surface area contributed by atoms with Gasteiger partial charge in [-0.15, -0.1) is 0 Å². The molecular weight excluding hydrogens is 449 g/mol. The number of alkyl halides is 2. The second-order valence-electron chi connectivity index (χ2n) is 8.98. The van der Waals surface area contributed by atoms with E-state index in [-0.39, 0.29) is 42.6 Å². The van der Waals surface area contributed by atoms with Gasteiger partial charge >= 0.3 is 0 Å². The minimum Gasteiger partial charge on any atom is -0.384 e. The summed E-state index contributed by atoms with van der Waals surface area (Å²) >= 11 is 0. The Morgan fingerprint density at radius 2 is 1.94 bits per heavy atom. The summed E-state index contributed by atoms with van der Waals surface area (Å²) in [6, 6.07) is 8.17. The molecule has 1 aliphatic carbocycles. The van der Waals surface area contributed by atoms with E-state index in [4.69, 9.17) is 5.73 Å². The number of nitrogens with two attached hydrogens (primary N) is 1. The predicted octanol–water partition coefficient (Wildman–Crippen LogP) is 2.65. The van der Waals surface area contributed by atoms with E-state index in [2.05, 4.69) is 10.1 Å². The molecule has 2 amide bonds. The van der Waals surface area contributed by atoms with E-state index >= 15 is 0 Å². The number of carbonyl (C=O) groups excluding carboxylic acids is 2. The third-order valence-corrected chi connectivity index (χ3v) is 6.64. The molecular formula is C23H23F3N6O2. The number of aromatic nitrogens is 3. The topological polar surface area (TPSA) is 97.4 Å². The first-order valence-corrected chi connectivity index (χ1v) is 10.9. The van der Waals surface area contributed by atoms with Crippen LogP contribution in [0.15, 0.2) is 36.5 Å². The Bertz CT molecular complexity index is 1280. The van der Waals surface area contributed by atoms with Crippen LogP contribution in [0.25, 0.3) is 10.9 Å². The van der Waals surface area contributed by atoms with Crippen molar-refractivity contribution in [2.45, 2.75) is 37.3 Å². The molecule has 8 nitrogen and oxygen atoms in total. The highest BCUT2D eigenvalue weighted by atomic mass is 19.3. The molecule has 0 unspecified atom stereocenters. The van der Waals surface area contributed by atoms with Gasteiger partial charge in [-0.2, -0.15) is 5.10 Å². The van der Waals surface area contributed by atoms with Crippen LogP contribution in [0.2, 0.25) is 0 Å². The van der Waals surface area contributed by atoms with Crippen LogP contribution in [-0.4, -0.2) is 68.5 Å². The minimum atomic E-state index is -2.71. The molecule has 2 aromatic heterocycles. The largest absolute Gasteiger partial charge is 0.384 e. The van der Waals surface area contributed by atoms with Crippen molar-refractivity contribution in [2.24, 2.45) is 0 Å². The second-order valence-corrected chi connectivity index (χ2v) is 8.98. The van der Waals surface area contributed by atoms with E-state index in [1.165, 1.54) is 22.9 Å². The summed E-state index contributed by atoms with van der Waals surface area (Å²) in [7, 11) is 1.54. The van der Waals surface area contributed by atoms with Crippen molar-refractivity contribution in [3.8, 4) is 0 Å². The lowest BCUT2D eigenvalue weighted by molar-refractivity contribution is -0.150. The molecule has 0 radical (unpaired) electrons. The monoisotopic (exact) mass is 472 g/mol. The average Bonchev–Trinajstić information content (AvgIpc) is 3.10. The lowest BCUT2D eigenvalue weighted by Crippen LogP contribution is -2.52. The number of amides is 2.